The van der Waals surface area contributed by atoms with Gasteiger partial charge in [-0.05, 0) is 43.4 Å². The molecule has 0 bridgehead atoms. The molecule has 0 radical (unpaired) electrons. The highest BCUT2D eigenvalue weighted by Gasteiger charge is 2.31. The zero-order chi connectivity index (χ0) is 20.5. The summed E-state index contributed by atoms with van der Waals surface area (Å²) in [6, 6.07) is 11.4. The number of ketones is 2. The van der Waals surface area contributed by atoms with Gasteiger partial charge in [0.25, 0.3) is 5.91 Å². The first-order chi connectivity index (χ1) is 14.0. The molecule has 2 aliphatic rings. The van der Waals surface area contributed by atoms with Crippen molar-refractivity contribution in [3.63, 3.8) is 0 Å². The van der Waals surface area contributed by atoms with E-state index in [2.05, 4.69) is 0 Å². The van der Waals surface area contributed by atoms with Crippen molar-refractivity contribution in [1.29, 1.82) is 0 Å². The van der Waals surface area contributed by atoms with Gasteiger partial charge in [0.05, 0.1) is 5.75 Å². The van der Waals surface area contributed by atoms with Crippen LogP contribution in [0.15, 0.2) is 42.5 Å². The van der Waals surface area contributed by atoms with Crippen molar-refractivity contribution >= 4 is 28.6 Å². The molecule has 1 amide bonds. The van der Waals surface area contributed by atoms with E-state index in [-0.39, 0.29) is 34.7 Å². The lowest BCUT2D eigenvalue weighted by atomic mass is 9.83. The van der Waals surface area contributed by atoms with Crippen molar-refractivity contribution in [2.24, 2.45) is 5.92 Å². The normalized spacial score (nSPS) is 19.9. The van der Waals surface area contributed by atoms with Gasteiger partial charge in [0.2, 0.25) is 0 Å². The number of hydrogen-bond donors (Lipinski definition) is 1. The van der Waals surface area contributed by atoms with Gasteiger partial charge in [-0.2, -0.15) is 0 Å². The summed E-state index contributed by atoms with van der Waals surface area (Å²) in [7, 11) is 0. The van der Waals surface area contributed by atoms with Crippen molar-refractivity contribution < 1.29 is 23.1 Å². The summed E-state index contributed by atoms with van der Waals surface area (Å²) in [6.07, 6.45) is 2.25. The van der Waals surface area contributed by atoms with Crippen LogP contribution in [0, 0.1) is 5.92 Å². The van der Waals surface area contributed by atoms with Crippen molar-refractivity contribution in [3.05, 3.63) is 70.3 Å². The number of likely N-dealkylation sites (tertiary alicyclic amines) is 1. The third kappa shape index (κ3) is 3.80. The molecular weight excluding hydrogens is 390 g/mol. The predicted molar refractivity (Wildman–Crippen MR) is 109 cm³/mol. The molecule has 1 N–H and O–H groups in total. The van der Waals surface area contributed by atoms with E-state index < -0.39 is 11.1 Å². The summed E-state index contributed by atoms with van der Waals surface area (Å²) in [6.45, 7) is 1.08. The van der Waals surface area contributed by atoms with Gasteiger partial charge >= 0.3 is 0 Å². The van der Waals surface area contributed by atoms with E-state index in [1.54, 1.807) is 41.3 Å². The number of benzene rings is 2. The minimum Gasteiger partial charge on any atom is -0.339 e. The molecule has 0 aromatic heterocycles. The summed E-state index contributed by atoms with van der Waals surface area (Å²) in [5, 5.41) is 0. The van der Waals surface area contributed by atoms with E-state index in [9.17, 15) is 18.6 Å². The Hall–Kier alpha value is -2.64. The number of fused-ring (bicyclic) bond motifs is 2. The van der Waals surface area contributed by atoms with Gasteiger partial charge in [-0.1, -0.05) is 24.3 Å². The van der Waals surface area contributed by atoms with Crippen LogP contribution in [0.2, 0.25) is 0 Å². The van der Waals surface area contributed by atoms with Crippen LogP contribution in [0.3, 0.4) is 0 Å². The van der Waals surface area contributed by atoms with Gasteiger partial charge in [0.15, 0.2) is 22.6 Å². The van der Waals surface area contributed by atoms with Gasteiger partial charge in [-0.3, -0.25) is 14.4 Å². The first-order valence-corrected chi connectivity index (χ1v) is 10.9. The topological polar surface area (TPSA) is 91.8 Å². The highest BCUT2D eigenvalue weighted by atomic mass is 32.2. The summed E-state index contributed by atoms with van der Waals surface area (Å²) in [4.78, 5) is 40.3. The molecule has 2 aromatic rings. The Morgan fingerprint density at radius 2 is 1.62 bits per heavy atom. The molecule has 1 aliphatic carbocycles. The number of nitrogens with zero attached hydrogens (tertiary/aromatic N) is 1. The third-order valence-electron chi connectivity index (χ3n) is 5.69. The van der Waals surface area contributed by atoms with E-state index in [1.807, 2.05) is 0 Å². The first-order valence-electron chi connectivity index (χ1n) is 9.65. The predicted octanol–water partition coefficient (Wildman–Crippen LogP) is 2.93. The van der Waals surface area contributed by atoms with E-state index in [1.165, 1.54) is 6.07 Å². The Kier molecular flexibility index (Phi) is 5.43. The van der Waals surface area contributed by atoms with Crippen LogP contribution in [0.5, 0.6) is 0 Å². The first kappa shape index (κ1) is 19.7. The highest BCUT2D eigenvalue weighted by Crippen LogP contribution is 2.28. The maximum Gasteiger partial charge on any atom is 0.253 e. The number of hydrogen-bond acceptors (Lipinski definition) is 4. The molecule has 2 unspecified atom stereocenters. The minimum atomic E-state index is -1.83. The molecule has 4 rings (SSSR count). The van der Waals surface area contributed by atoms with Crippen LogP contribution in [0.4, 0.5) is 0 Å². The minimum absolute atomic E-state index is 0.123. The number of carbonyl (C=O) groups is 3. The van der Waals surface area contributed by atoms with Gasteiger partial charge in [0, 0.05) is 40.9 Å². The third-order valence-corrected chi connectivity index (χ3v) is 6.44. The molecule has 2 atom stereocenters. The van der Waals surface area contributed by atoms with Gasteiger partial charge in [0.1, 0.15) is 0 Å². The Bertz CT molecular complexity index is 1030. The average molecular weight is 411 g/mol. The smallest absolute Gasteiger partial charge is 0.253 e. The lowest BCUT2D eigenvalue weighted by Gasteiger charge is -2.22. The molecule has 2 aromatic carbocycles. The molecule has 1 aliphatic heterocycles. The molecule has 29 heavy (non-hydrogen) atoms. The maximum absolute atomic E-state index is 13.0. The summed E-state index contributed by atoms with van der Waals surface area (Å²) in [5.74, 6) is -0.276. The maximum atomic E-state index is 13.0. The van der Waals surface area contributed by atoms with Crippen LogP contribution < -0.4 is 0 Å². The summed E-state index contributed by atoms with van der Waals surface area (Å²) in [5.41, 5.74) is 1.73. The molecule has 1 saturated heterocycles. The molecule has 7 heteroatoms. The van der Waals surface area contributed by atoms with E-state index in [4.69, 9.17) is 4.55 Å². The van der Waals surface area contributed by atoms with Crippen molar-refractivity contribution in [2.75, 3.05) is 18.8 Å². The Morgan fingerprint density at radius 1 is 0.966 bits per heavy atom. The van der Waals surface area contributed by atoms with Crippen LogP contribution in [0.25, 0.3) is 0 Å². The standard InChI is InChI=1S/C22H21NO5S/c24-20-16-5-1-2-6-17(16)21(25)19-12-15(7-8-18(19)20)22(26)23-10-3-4-14(9-11-23)13-29(27)28/h1-2,5-8,12,14H,3-4,9-11,13H2,(H,27,28). The number of amides is 1. The average Bonchev–Trinajstić information content (AvgIpc) is 2.96. The highest BCUT2D eigenvalue weighted by molar-refractivity contribution is 7.79. The summed E-state index contributed by atoms with van der Waals surface area (Å²) >= 11 is -1.83. The van der Waals surface area contributed by atoms with E-state index >= 15 is 0 Å². The Morgan fingerprint density at radius 3 is 2.31 bits per heavy atom. The zero-order valence-corrected chi connectivity index (χ0v) is 16.6. The molecule has 1 fully saturated rings. The van der Waals surface area contributed by atoms with Gasteiger partial charge < -0.3 is 9.45 Å². The molecule has 0 saturated carbocycles. The second-order valence-electron chi connectivity index (χ2n) is 7.54. The van der Waals surface area contributed by atoms with Crippen LogP contribution >= 0.6 is 0 Å². The molecule has 150 valence electrons. The van der Waals surface area contributed by atoms with Crippen molar-refractivity contribution in [1.82, 2.24) is 4.90 Å². The number of carbonyl (C=O) groups excluding carboxylic acids is 3. The molecule has 6 nitrogen and oxygen atoms in total. The zero-order valence-electron chi connectivity index (χ0n) is 15.8. The Balaban J connectivity index is 1.58. The molecule has 1 heterocycles. The fraction of sp³-hybridized carbons (Fsp3) is 0.318. The van der Waals surface area contributed by atoms with Gasteiger partial charge in [-0.15, -0.1) is 0 Å². The van der Waals surface area contributed by atoms with Gasteiger partial charge in [-0.25, -0.2) is 4.21 Å². The van der Waals surface area contributed by atoms with Crippen LogP contribution in [-0.2, 0) is 11.1 Å². The Labute approximate surface area is 171 Å². The monoisotopic (exact) mass is 411 g/mol. The molecule has 0 spiro atoms. The lowest BCUT2D eigenvalue weighted by molar-refractivity contribution is 0.0760. The fourth-order valence-electron chi connectivity index (χ4n) is 4.15. The van der Waals surface area contributed by atoms with Crippen LogP contribution in [0.1, 0.15) is 61.5 Å². The van der Waals surface area contributed by atoms with Crippen LogP contribution in [-0.4, -0.2) is 50.0 Å². The quantitative estimate of drug-likeness (QED) is 0.669. The second-order valence-corrected chi connectivity index (χ2v) is 8.52. The van der Waals surface area contributed by atoms with E-state index in [0.717, 1.165) is 12.8 Å². The second kappa shape index (κ2) is 8.00. The van der Waals surface area contributed by atoms with E-state index in [0.29, 0.717) is 41.8 Å². The fourth-order valence-corrected chi connectivity index (χ4v) is 4.89. The lowest BCUT2D eigenvalue weighted by Crippen LogP contribution is -2.32. The largest absolute Gasteiger partial charge is 0.339 e. The summed E-state index contributed by atoms with van der Waals surface area (Å²) < 4.78 is 20.2. The van der Waals surface area contributed by atoms with Crippen molar-refractivity contribution in [3.8, 4) is 0 Å². The molecular formula is C22H21NO5S. The van der Waals surface area contributed by atoms with Crippen molar-refractivity contribution in [2.45, 2.75) is 19.3 Å². The number of rotatable bonds is 3. The SMILES string of the molecule is O=C1c2ccccc2C(=O)c2cc(C(=O)N3CCCC(CS(=O)O)CC3)ccc21.